The monoisotopic (exact) mass is 510 g/mol. The van der Waals surface area contributed by atoms with Crippen LogP contribution in [0.25, 0.3) is 5.57 Å². The molecule has 0 saturated carbocycles. The van der Waals surface area contributed by atoms with E-state index in [-0.39, 0.29) is 12.1 Å². The number of carbonyl (C=O) groups is 1. The van der Waals surface area contributed by atoms with Crippen molar-refractivity contribution in [1.82, 2.24) is 0 Å². The Balaban J connectivity index is 1.98. The van der Waals surface area contributed by atoms with Crippen LogP contribution in [0.2, 0.25) is 5.02 Å². The maximum absolute atomic E-state index is 13.9. The average Bonchev–Trinajstić information content (AvgIpc) is 2.86. The summed E-state index contributed by atoms with van der Waals surface area (Å²) in [6, 6.07) is 18.6. The molecule has 0 aliphatic carbocycles. The number of benzene rings is 3. The number of amides is 1. The molecular weight excluding hydrogens is 488 g/mol. The molecule has 3 aromatic carbocycles. The number of rotatable bonds is 7. The van der Waals surface area contributed by atoms with Gasteiger partial charge in [0, 0.05) is 22.2 Å². The first-order valence-electron chi connectivity index (χ1n) is 10.6. The Hall–Kier alpha value is -3.75. The quantitative estimate of drug-likeness (QED) is 0.447. The number of nitrogens with zero attached hydrogens (tertiary/aromatic N) is 1. The average molecular weight is 511 g/mol. The first kappa shape index (κ1) is 24.4. The molecule has 180 valence electrons. The van der Waals surface area contributed by atoms with Gasteiger partial charge in [-0.2, -0.15) is 0 Å². The lowest BCUT2D eigenvalue weighted by molar-refractivity contribution is -0.112. The highest BCUT2D eigenvalue weighted by Gasteiger charge is 2.41. The van der Waals surface area contributed by atoms with Gasteiger partial charge in [-0.3, -0.25) is 9.10 Å². The first-order chi connectivity index (χ1) is 16.8. The Kier molecular flexibility index (Phi) is 6.86. The van der Waals surface area contributed by atoms with Crippen molar-refractivity contribution in [3.05, 3.63) is 100 Å². The van der Waals surface area contributed by atoms with Crippen molar-refractivity contribution >= 4 is 44.5 Å². The van der Waals surface area contributed by atoms with Crippen molar-refractivity contribution in [2.75, 3.05) is 30.4 Å². The molecule has 1 amide bonds. The summed E-state index contributed by atoms with van der Waals surface area (Å²) in [4.78, 5) is 13.3. The Morgan fingerprint density at radius 1 is 1.06 bits per heavy atom. The Bertz CT molecular complexity index is 1440. The minimum atomic E-state index is -4.28. The molecule has 3 aromatic rings. The number of hydrogen-bond donors (Lipinski definition) is 1. The van der Waals surface area contributed by atoms with E-state index in [9.17, 15) is 13.2 Å². The second kappa shape index (κ2) is 9.85. The maximum Gasteiger partial charge on any atom is 0.270 e. The molecule has 1 N–H and O–H groups in total. The van der Waals surface area contributed by atoms with Gasteiger partial charge >= 0.3 is 0 Å². The zero-order valence-electron chi connectivity index (χ0n) is 19.1. The summed E-state index contributed by atoms with van der Waals surface area (Å²) in [6.45, 7) is 3.66. The van der Waals surface area contributed by atoms with Crippen molar-refractivity contribution in [2.24, 2.45) is 0 Å². The predicted molar refractivity (Wildman–Crippen MR) is 139 cm³/mol. The van der Waals surface area contributed by atoms with Crippen LogP contribution in [0.5, 0.6) is 11.5 Å². The molecule has 1 aliphatic rings. The highest BCUT2D eigenvalue weighted by atomic mass is 35.5. The number of ether oxygens (including phenoxy) is 2. The molecule has 0 atom stereocenters. The molecule has 1 heterocycles. The van der Waals surface area contributed by atoms with E-state index in [1.165, 1.54) is 20.3 Å². The fourth-order valence-corrected chi connectivity index (χ4v) is 5.82. The molecular formula is C26H23ClN2O5S. The van der Waals surface area contributed by atoms with Gasteiger partial charge in [-0.1, -0.05) is 48.0 Å². The summed E-state index contributed by atoms with van der Waals surface area (Å²) >= 11 is 6.31. The van der Waals surface area contributed by atoms with Crippen LogP contribution in [0, 0.1) is 0 Å². The van der Waals surface area contributed by atoms with Gasteiger partial charge < -0.3 is 14.8 Å². The van der Waals surface area contributed by atoms with Crippen LogP contribution < -0.4 is 19.1 Å². The summed E-state index contributed by atoms with van der Waals surface area (Å²) in [5, 5.41) is 3.11. The van der Waals surface area contributed by atoms with E-state index in [1.54, 1.807) is 60.7 Å². The highest BCUT2D eigenvalue weighted by molar-refractivity contribution is 7.97. The summed E-state index contributed by atoms with van der Waals surface area (Å²) < 4.78 is 39.5. The van der Waals surface area contributed by atoms with Gasteiger partial charge in [-0.25, -0.2) is 8.42 Å². The summed E-state index contributed by atoms with van der Waals surface area (Å²) in [5.74, 6) is 0.0289. The van der Waals surface area contributed by atoms with E-state index < -0.39 is 20.8 Å². The number of halogens is 1. The fourth-order valence-electron chi connectivity index (χ4n) is 3.93. The van der Waals surface area contributed by atoms with Crippen LogP contribution in [0.4, 0.5) is 11.4 Å². The smallest absolute Gasteiger partial charge is 0.270 e. The zero-order chi connectivity index (χ0) is 25.2. The standard InChI is InChI=1S/C26H23ClN2O5S/c1-4-14-29-22-13-10-18(27)15-20(22)24(17-8-6-5-7-9-17)25(35(29,31)32)26(30)28-21-12-11-19(33-2)16-23(21)34-3/h4-13,15-16H,1,14H2,2-3H3,(H,28,30). The Morgan fingerprint density at radius 3 is 2.46 bits per heavy atom. The lowest BCUT2D eigenvalue weighted by atomic mass is 9.95. The molecule has 0 fully saturated rings. The molecule has 0 aromatic heterocycles. The molecule has 35 heavy (non-hydrogen) atoms. The minimum absolute atomic E-state index is 0.0261. The number of hydrogen-bond acceptors (Lipinski definition) is 5. The Labute approximate surface area is 209 Å². The van der Waals surface area contributed by atoms with Gasteiger partial charge in [0.1, 0.15) is 11.5 Å². The van der Waals surface area contributed by atoms with E-state index in [0.717, 1.165) is 4.31 Å². The third kappa shape index (κ3) is 4.50. The van der Waals surface area contributed by atoms with E-state index >= 15 is 0 Å². The van der Waals surface area contributed by atoms with Crippen molar-refractivity contribution in [2.45, 2.75) is 0 Å². The lowest BCUT2D eigenvalue weighted by Gasteiger charge is -2.33. The van der Waals surface area contributed by atoms with Gasteiger partial charge in [-0.15, -0.1) is 6.58 Å². The first-order valence-corrected chi connectivity index (χ1v) is 12.4. The van der Waals surface area contributed by atoms with Crippen LogP contribution in [0.1, 0.15) is 11.1 Å². The molecule has 4 rings (SSSR count). The van der Waals surface area contributed by atoms with Crippen LogP contribution in [-0.4, -0.2) is 35.1 Å². The molecule has 0 unspecified atom stereocenters. The molecule has 0 bridgehead atoms. The summed E-state index contributed by atoms with van der Waals surface area (Å²) in [5.41, 5.74) is 2.04. The number of nitrogens with one attached hydrogen (secondary N) is 1. The number of fused-ring (bicyclic) bond motifs is 1. The van der Waals surface area contributed by atoms with Gasteiger partial charge in [0.15, 0.2) is 4.91 Å². The molecule has 7 nitrogen and oxygen atoms in total. The predicted octanol–water partition coefficient (Wildman–Crippen LogP) is 5.09. The number of sulfonamides is 1. The SMILES string of the molecule is C=CCN1c2ccc(Cl)cc2C(c2ccccc2)=C(C(=O)Nc2ccc(OC)cc2OC)S1(=O)=O. The van der Waals surface area contributed by atoms with Crippen LogP contribution in [0.3, 0.4) is 0 Å². The largest absolute Gasteiger partial charge is 0.497 e. The van der Waals surface area contributed by atoms with Gasteiger partial charge in [0.2, 0.25) is 0 Å². The van der Waals surface area contributed by atoms with Gasteiger partial charge in [0.25, 0.3) is 15.9 Å². The van der Waals surface area contributed by atoms with Crippen molar-refractivity contribution < 1.29 is 22.7 Å². The molecule has 0 spiro atoms. The van der Waals surface area contributed by atoms with E-state index in [4.69, 9.17) is 21.1 Å². The minimum Gasteiger partial charge on any atom is -0.497 e. The highest BCUT2D eigenvalue weighted by Crippen LogP contribution is 2.44. The zero-order valence-corrected chi connectivity index (χ0v) is 20.7. The number of carbonyl (C=O) groups excluding carboxylic acids is 1. The molecule has 0 saturated heterocycles. The topological polar surface area (TPSA) is 84.9 Å². The van der Waals surface area contributed by atoms with Gasteiger partial charge in [-0.05, 0) is 35.9 Å². The van der Waals surface area contributed by atoms with E-state index in [0.29, 0.717) is 39.0 Å². The normalized spacial score (nSPS) is 14.2. The Morgan fingerprint density at radius 2 is 1.80 bits per heavy atom. The van der Waals surface area contributed by atoms with Crippen molar-refractivity contribution in [1.29, 1.82) is 0 Å². The third-order valence-electron chi connectivity index (χ3n) is 5.49. The van der Waals surface area contributed by atoms with Crippen molar-refractivity contribution in [3.8, 4) is 11.5 Å². The second-order valence-electron chi connectivity index (χ2n) is 7.58. The van der Waals surface area contributed by atoms with Crippen LogP contribution >= 0.6 is 11.6 Å². The summed E-state index contributed by atoms with van der Waals surface area (Å²) in [6.07, 6.45) is 1.46. The summed E-state index contributed by atoms with van der Waals surface area (Å²) in [7, 11) is -1.33. The number of methoxy groups -OCH3 is 2. The molecule has 1 aliphatic heterocycles. The van der Waals surface area contributed by atoms with E-state index in [1.807, 2.05) is 6.07 Å². The lowest BCUT2D eigenvalue weighted by Crippen LogP contribution is -2.39. The van der Waals surface area contributed by atoms with E-state index in [2.05, 4.69) is 11.9 Å². The fraction of sp³-hybridized carbons (Fsp3) is 0.115. The second-order valence-corrected chi connectivity index (χ2v) is 9.81. The van der Waals surface area contributed by atoms with Gasteiger partial charge in [0.05, 0.1) is 32.1 Å². The molecule has 9 heteroatoms. The number of anilines is 2. The van der Waals surface area contributed by atoms with Crippen LogP contribution in [-0.2, 0) is 14.8 Å². The van der Waals surface area contributed by atoms with Crippen molar-refractivity contribution in [3.63, 3.8) is 0 Å². The maximum atomic E-state index is 13.9. The third-order valence-corrected chi connectivity index (χ3v) is 7.56. The molecule has 0 radical (unpaired) electrons. The van der Waals surface area contributed by atoms with Crippen LogP contribution in [0.15, 0.2) is 84.3 Å².